The summed E-state index contributed by atoms with van der Waals surface area (Å²) in [5, 5.41) is 0.0814. The fraction of sp³-hybridized carbons (Fsp3) is 0.280. The second-order valence-electron chi connectivity index (χ2n) is 7.80. The van der Waals surface area contributed by atoms with Crippen molar-refractivity contribution in [1.82, 2.24) is 19.5 Å². The van der Waals surface area contributed by atoms with Crippen molar-refractivity contribution >= 4 is 28.7 Å². The van der Waals surface area contributed by atoms with E-state index in [9.17, 15) is 14.0 Å². The zero-order valence-corrected chi connectivity index (χ0v) is 21.7. The van der Waals surface area contributed by atoms with E-state index in [1.54, 1.807) is 19.9 Å². The fourth-order valence-electron chi connectivity index (χ4n) is 3.71. The summed E-state index contributed by atoms with van der Waals surface area (Å²) < 4.78 is 42.7. The number of imidazole rings is 1. The molecular weight excluding hydrogens is 523 g/mol. The molecule has 0 bridgehead atoms. The molecule has 4 rings (SSSR count). The highest BCUT2D eigenvalue weighted by molar-refractivity contribution is 6.32. The molecule has 38 heavy (non-hydrogen) atoms. The molecule has 4 aromatic rings. The molecule has 0 aliphatic rings. The lowest BCUT2D eigenvalue weighted by Gasteiger charge is -2.17. The number of benzene rings is 2. The number of ether oxygens (including phenoxy) is 5. The molecule has 1 N–H and O–H groups in total. The van der Waals surface area contributed by atoms with Crippen LogP contribution in [0.2, 0.25) is 5.02 Å². The van der Waals surface area contributed by atoms with Gasteiger partial charge in [-0.3, -0.25) is 4.98 Å². The lowest BCUT2D eigenvalue weighted by molar-refractivity contribution is -0.145. The number of hydrogen-bond acceptors (Lipinski definition) is 9. The quantitative estimate of drug-likeness (QED) is 0.296. The third kappa shape index (κ3) is 5.35. The third-order valence-electron chi connectivity index (χ3n) is 5.38. The summed E-state index contributed by atoms with van der Waals surface area (Å²) in [5.41, 5.74) is 0.243. The number of hydrogen-bond donors (Lipinski definition) is 1. The highest BCUT2D eigenvalue weighted by Gasteiger charge is 2.22. The van der Waals surface area contributed by atoms with Gasteiger partial charge in [0.2, 0.25) is 5.88 Å². The maximum Gasteiger partial charge on any atom is 0.344 e. The fourth-order valence-corrected chi connectivity index (χ4v) is 3.95. The molecule has 0 aliphatic carbocycles. The van der Waals surface area contributed by atoms with Crippen molar-refractivity contribution in [3.05, 3.63) is 63.0 Å². The van der Waals surface area contributed by atoms with Gasteiger partial charge < -0.3 is 23.7 Å². The van der Waals surface area contributed by atoms with Gasteiger partial charge in [0.1, 0.15) is 29.5 Å². The minimum absolute atomic E-state index is 0.0676. The molecule has 0 radical (unpaired) electrons. The van der Waals surface area contributed by atoms with Gasteiger partial charge in [-0.05, 0) is 26.0 Å². The second kappa shape index (κ2) is 11.4. The molecule has 13 heteroatoms. The monoisotopic (exact) mass is 546 g/mol. The molecule has 2 aromatic carbocycles. The molecular formula is C25H24ClFN4O7. The van der Waals surface area contributed by atoms with E-state index in [1.807, 2.05) is 0 Å². The number of halogens is 2. The molecule has 0 unspecified atom stereocenters. The number of aromatic amines is 1. The van der Waals surface area contributed by atoms with E-state index in [1.165, 1.54) is 43.1 Å². The molecule has 0 saturated heterocycles. The number of aromatic nitrogens is 4. The number of carbonyl (C=O) groups is 1. The van der Waals surface area contributed by atoms with Crippen LogP contribution in [0.3, 0.4) is 0 Å². The van der Waals surface area contributed by atoms with Crippen LogP contribution in [-0.2, 0) is 16.1 Å². The van der Waals surface area contributed by atoms with Crippen LogP contribution in [0.4, 0.5) is 4.39 Å². The van der Waals surface area contributed by atoms with Crippen LogP contribution in [0.5, 0.6) is 23.1 Å². The third-order valence-corrected chi connectivity index (χ3v) is 5.68. The first kappa shape index (κ1) is 26.7. The number of nitrogens with zero attached hydrogens (tertiary/aromatic N) is 3. The SMILES string of the molecule is CCOC(=O)COc1cc(Cl)c(-n2c(=O)[nH]c3c(OC)nc(C)nc32)cc1OCc1c(F)cccc1OC. The molecule has 0 saturated carbocycles. The van der Waals surface area contributed by atoms with Gasteiger partial charge in [0.25, 0.3) is 0 Å². The second-order valence-corrected chi connectivity index (χ2v) is 8.20. The molecule has 0 spiro atoms. The lowest BCUT2D eigenvalue weighted by atomic mass is 10.2. The summed E-state index contributed by atoms with van der Waals surface area (Å²) in [6.45, 7) is 2.80. The number of H-pyrrole nitrogens is 1. The number of methoxy groups -OCH3 is 2. The van der Waals surface area contributed by atoms with Gasteiger partial charge in [-0.25, -0.2) is 23.5 Å². The van der Waals surface area contributed by atoms with Gasteiger partial charge in [-0.2, -0.15) is 4.98 Å². The van der Waals surface area contributed by atoms with E-state index in [2.05, 4.69) is 15.0 Å². The van der Waals surface area contributed by atoms with Crippen molar-refractivity contribution in [1.29, 1.82) is 0 Å². The van der Waals surface area contributed by atoms with E-state index < -0.39 is 24.1 Å². The lowest BCUT2D eigenvalue weighted by Crippen LogP contribution is -2.17. The minimum Gasteiger partial charge on any atom is -0.496 e. The van der Waals surface area contributed by atoms with Gasteiger partial charge in [0, 0.05) is 12.1 Å². The van der Waals surface area contributed by atoms with Crippen molar-refractivity contribution in [3.8, 4) is 28.8 Å². The molecule has 2 heterocycles. The van der Waals surface area contributed by atoms with E-state index in [-0.39, 0.29) is 63.8 Å². The Morgan fingerprint density at radius 1 is 1.11 bits per heavy atom. The van der Waals surface area contributed by atoms with E-state index in [0.29, 0.717) is 5.82 Å². The zero-order valence-electron chi connectivity index (χ0n) is 21.0. The summed E-state index contributed by atoms with van der Waals surface area (Å²) in [5.74, 6) is -0.203. The number of rotatable bonds is 10. The van der Waals surface area contributed by atoms with E-state index in [4.69, 9.17) is 35.3 Å². The highest BCUT2D eigenvalue weighted by atomic mass is 35.5. The summed E-state index contributed by atoms with van der Waals surface area (Å²) in [6.07, 6.45) is 0. The van der Waals surface area contributed by atoms with Crippen molar-refractivity contribution in [2.24, 2.45) is 0 Å². The summed E-state index contributed by atoms with van der Waals surface area (Å²) in [4.78, 5) is 36.1. The van der Waals surface area contributed by atoms with E-state index >= 15 is 0 Å². The first-order chi connectivity index (χ1) is 18.3. The first-order valence-corrected chi connectivity index (χ1v) is 11.7. The minimum atomic E-state index is -0.610. The smallest absolute Gasteiger partial charge is 0.344 e. The van der Waals surface area contributed by atoms with Crippen LogP contribution >= 0.6 is 11.6 Å². The highest BCUT2D eigenvalue weighted by Crippen LogP contribution is 2.37. The van der Waals surface area contributed by atoms with Crippen LogP contribution in [0.25, 0.3) is 16.9 Å². The Balaban J connectivity index is 1.82. The van der Waals surface area contributed by atoms with Crippen LogP contribution in [0, 0.1) is 12.7 Å². The number of aryl methyl sites for hydroxylation is 1. The van der Waals surface area contributed by atoms with E-state index in [0.717, 1.165) is 0 Å². The predicted octanol–water partition coefficient (Wildman–Crippen LogP) is 3.75. The van der Waals surface area contributed by atoms with Crippen molar-refractivity contribution in [2.75, 3.05) is 27.4 Å². The Bertz CT molecular complexity index is 1550. The van der Waals surface area contributed by atoms with Gasteiger partial charge in [-0.1, -0.05) is 17.7 Å². The first-order valence-electron chi connectivity index (χ1n) is 11.4. The Morgan fingerprint density at radius 3 is 2.58 bits per heavy atom. The van der Waals surface area contributed by atoms with Crippen molar-refractivity contribution in [3.63, 3.8) is 0 Å². The predicted molar refractivity (Wildman–Crippen MR) is 135 cm³/mol. The van der Waals surface area contributed by atoms with Crippen LogP contribution in [0.15, 0.2) is 35.1 Å². The van der Waals surface area contributed by atoms with Gasteiger partial charge >= 0.3 is 11.7 Å². The molecule has 11 nitrogen and oxygen atoms in total. The maximum atomic E-state index is 14.5. The van der Waals surface area contributed by atoms with Crippen molar-refractivity contribution in [2.45, 2.75) is 20.5 Å². The summed E-state index contributed by atoms with van der Waals surface area (Å²) >= 11 is 6.57. The molecule has 2 aromatic heterocycles. The number of carbonyl (C=O) groups excluding carboxylic acids is 1. The molecule has 0 aliphatic heterocycles. The van der Waals surface area contributed by atoms with Gasteiger partial charge in [-0.15, -0.1) is 0 Å². The van der Waals surface area contributed by atoms with Crippen molar-refractivity contribution < 1.29 is 32.9 Å². The molecule has 200 valence electrons. The average molecular weight is 547 g/mol. The number of nitrogens with one attached hydrogen (secondary N) is 1. The molecule has 0 atom stereocenters. The molecule has 0 fully saturated rings. The van der Waals surface area contributed by atoms with Gasteiger partial charge in [0.05, 0.1) is 37.1 Å². The summed E-state index contributed by atoms with van der Waals surface area (Å²) in [6, 6.07) is 7.17. The van der Waals surface area contributed by atoms with Crippen LogP contribution in [0.1, 0.15) is 18.3 Å². The normalized spacial score (nSPS) is 10.9. The molecule has 0 amide bonds. The van der Waals surface area contributed by atoms with Crippen LogP contribution < -0.4 is 24.6 Å². The number of fused-ring (bicyclic) bond motifs is 1. The number of esters is 1. The Kier molecular flexibility index (Phi) is 8.01. The Hall–Kier alpha value is -4.32. The Morgan fingerprint density at radius 2 is 1.87 bits per heavy atom. The zero-order chi connectivity index (χ0) is 27.4. The van der Waals surface area contributed by atoms with Gasteiger partial charge in [0.15, 0.2) is 23.8 Å². The summed E-state index contributed by atoms with van der Waals surface area (Å²) in [7, 11) is 2.83. The topological polar surface area (TPSA) is 127 Å². The van der Waals surface area contributed by atoms with Crippen LogP contribution in [-0.4, -0.2) is 52.9 Å². The Labute approximate surface area is 221 Å². The standard InChI is InChI=1S/C25H24ClFN4O7/c1-5-36-21(32)12-38-19-9-15(26)17(10-20(19)37-11-14-16(27)7-6-8-18(14)34-3)31-23-22(30-25(31)33)24(35-4)29-13(2)28-23/h6-10H,5,11-12H2,1-4H3,(H,30,33). The average Bonchev–Trinajstić information content (AvgIpc) is 3.22. The largest absolute Gasteiger partial charge is 0.496 e. The maximum absolute atomic E-state index is 14.5.